The van der Waals surface area contributed by atoms with Crippen LogP contribution in [0, 0.1) is 5.92 Å². The van der Waals surface area contributed by atoms with Crippen LogP contribution in [0.15, 0.2) is 22.5 Å². The minimum absolute atomic E-state index is 0.326. The van der Waals surface area contributed by atoms with Crippen molar-refractivity contribution >= 4 is 17.3 Å². The van der Waals surface area contributed by atoms with Gasteiger partial charge < -0.3 is 15.4 Å². The highest BCUT2D eigenvalue weighted by molar-refractivity contribution is 7.10. The van der Waals surface area contributed by atoms with Crippen LogP contribution in [0.3, 0.4) is 0 Å². The summed E-state index contributed by atoms with van der Waals surface area (Å²) in [5.41, 5.74) is 0. The molecule has 2 saturated heterocycles. The second-order valence-electron chi connectivity index (χ2n) is 8.17. The summed E-state index contributed by atoms with van der Waals surface area (Å²) in [6.45, 7) is 16.5. The Labute approximate surface area is 174 Å². The van der Waals surface area contributed by atoms with Crippen LogP contribution in [0.1, 0.15) is 38.6 Å². The van der Waals surface area contributed by atoms with Crippen molar-refractivity contribution in [3.8, 4) is 0 Å². The molecule has 158 valence electrons. The second-order valence-corrected chi connectivity index (χ2v) is 9.15. The summed E-state index contributed by atoms with van der Waals surface area (Å²) in [6.07, 6.45) is 0. The van der Waals surface area contributed by atoms with Crippen LogP contribution in [0.25, 0.3) is 0 Å². The molecular formula is C21H37N5OS. The first-order valence-corrected chi connectivity index (χ1v) is 11.6. The number of hydrogen-bond donors (Lipinski definition) is 2. The van der Waals surface area contributed by atoms with E-state index in [1.54, 1.807) is 0 Å². The van der Waals surface area contributed by atoms with E-state index in [0.717, 1.165) is 58.4 Å². The highest BCUT2D eigenvalue weighted by Crippen LogP contribution is 2.26. The molecule has 2 N–H and O–H groups in total. The van der Waals surface area contributed by atoms with E-state index in [9.17, 15) is 0 Å². The van der Waals surface area contributed by atoms with Gasteiger partial charge in [-0.25, -0.2) is 0 Å². The zero-order valence-corrected chi connectivity index (χ0v) is 18.7. The van der Waals surface area contributed by atoms with E-state index in [1.807, 2.05) is 11.3 Å². The van der Waals surface area contributed by atoms with Gasteiger partial charge in [-0.1, -0.05) is 13.0 Å². The lowest BCUT2D eigenvalue weighted by Gasteiger charge is -2.33. The smallest absolute Gasteiger partial charge is 0.191 e. The molecule has 0 bridgehead atoms. The molecule has 7 heteroatoms. The number of nitrogens with one attached hydrogen (secondary N) is 2. The van der Waals surface area contributed by atoms with Crippen LogP contribution in [0.5, 0.6) is 0 Å². The number of thiophene rings is 1. The molecule has 1 aromatic rings. The third-order valence-electron chi connectivity index (χ3n) is 5.82. The maximum atomic E-state index is 5.56. The SMILES string of the molecule is CCNC(=NCC(c1cccs1)N1CCOCC1)NC1CN(C(C)C)CC1C. The summed E-state index contributed by atoms with van der Waals surface area (Å²) in [5, 5.41) is 9.33. The van der Waals surface area contributed by atoms with Crippen LogP contribution in [0.4, 0.5) is 0 Å². The first kappa shape index (κ1) is 21.6. The minimum Gasteiger partial charge on any atom is -0.379 e. The van der Waals surface area contributed by atoms with E-state index < -0.39 is 0 Å². The normalized spacial score (nSPS) is 26.0. The Hall–Kier alpha value is -1.15. The lowest BCUT2D eigenvalue weighted by atomic mass is 10.1. The van der Waals surface area contributed by atoms with Gasteiger partial charge in [0.05, 0.1) is 25.8 Å². The van der Waals surface area contributed by atoms with Crippen molar-refractivity contribution in [2.75, 3.05) is 52.5 Å². The highest BCUT2D eigenvalue weighted by atomic mass is 32.1. The van der Waals surface area contributed by atoms with E-state index in [4.69, 9.17) is 9.73 Å². The van der Waals surface area contributed by atoms with Gasteiger partial charge in [0.1, 0.15) is 0 Å². The van der Waals surface area contributed by atoms with E-state index in [1.165, 1.54) is 4.88 Å². The van der Waals surface area contributed by atoms with Crippen LogP contribution in [-0.4, -0.2) is 80.3 Å². The molecule has 0 radical (unpaired) electrons. The molecule has 3 unspecified atom stereocenters. The van der Waals surface area contributed by atoms with Crippen LogP contribution in [0.2, 0.25) is 0 Å². The van der Waals surface area contributed by atoms with Crippen LogP contribution >= 0.6 is 11.3 Å². The number of nitrogens with zero attached hydrogens (tertiary/aromatic N) is 3. The van der Waals surface area contributed by atoms with Crippen molar-refractivity contribution in [2.24, 2.45) is 10.9 Å². The first-order valence-electron chi connectivity index (χ1n) is 10.7. The largest absolute Gasteiger partial charge is 0.379 e. The maximum absolute atomic E-state index is 5.56. The second kappa shape index (κ2) is 10.6. The fourth-order valence-electron chi connectivity index (χ4n) is 4.04. The van der Waals surface area contributed by atoms with E-state index in [0.29, 0.717) is 24.0 Å². The van der Waals surface area contributed by atoms with Gasteiger partial charge in [0, 0.05) is 49.7 Å². The lowest BCUT2D eigenvalue weighted by Crippen LogP contribution is -2.47. The van der Waals surface area contributed by atoms with Gasteiger partial charge >= 0.3 is 0 Å². The summed E-state index contributed by atoms with van der Waals surface area (Å²) < 4.78 is 5.56. The predicted molar refractivity (Wildman–Crippen MR) is 118 cm³/mol. The average Bonchev–Trinajstić information content (AvgIpc) is 3.34. The number of aliphatic imine (C=N–C) groups is 1. The Morgan fingerprint density at radius 2 is 2.07 bits per heavy atom. The fourth-order valence-corrected chi connectivity index (χ4v) is 4.89. The van der Waals surface area contributed by atoms with Gasteiger partial charge in [0.15, 0.2) is 5.96 Å². The van der Waals surface area contributed by atoms with Gasteiger partial charge in [0.25, 0.3) is 0 Å². The number of likely N-dealkylation sites (tertiary alicyclic amines) is 1. The molecule has 2 aliphatic heterocycles. The zero-order valence-electron chi connectivity index (χ0n) is 17.9. The molecule has 3 atom stereocenters. The topological polar surface area (TPSA) is 52.1 Å². The Kier molecular flexibility index (Phi) is 8.14. The molecular weight excluding hydrogens is 370 g/mol. The minimum atomic E-state index is 0.326. The molecule has 2 aliphatic rings. The fraction of sp³-hybridized carbons (Fsp3) is 0.762. The Morgan fingerprint density at radius 1 is 1.29 bits per heavy atom. The van der Waals surface area contributed by atoms with Crippen LogP contribution in [-0.2, 0) is 4.74 Å². The van der Waals surface area contributed by atoms with Gasteiger partial charge in [-0.2, -0.15) is 0 Å². The Balaban J connectivity index is 1.67. The number of rotatable bonds is 7. The van der Waals surface area contributed by atoms with Crippen molar-refractivity contribution in [1.82, 2.24) is 20.4 Å². The monoisotopic (exact) mass is 407 g/mol. The van der Waals surface area contributed by atoms with E-state index in [-0.39, 0.29) is 0 Å². The summed E-state index contributed by atoms with van der Waals surface area (Å²) in [7, 11) is 0. The summed E-state index contributed by atoms with van der Waals surface area (Å²) in [4.78, 5) is 11.5. The molecule has 0 spiro atoms. The van der Waals surface area contributed by atoms with Gasteiger partial charge in [-0.3, -0.25) is 14.8 Å². The van der Waals surface area contributed by atoms with Crippen molar-refractivity contribution in [1.29, 1.82) is 0 Å². The van der Waals surface area contributed by atoms with Crippen LogP contribution < -0.4 is 10.6 Å². The van der Waals surface area contributed by atoms with E-state index in [2.05, 4.69) is 65.6 Å². The number of guanidine groups is 1. The molecule has 0 amide bonds. The molecule has 0 aromatic carbocycles. The Bertz CT molecular complexity index is 600. The molecule has 3 rings (SSSR count). The van der Waals surface area contributed by atoms with Crippen molar-refractivity contribution in [3.05, 3.63) is 22.4 Å². The summed E-state index contributed by atoms with van der Waals surface area (Å²) >= 11 is 1.83. The summed E-state index contributed by atoms with van der Waals surface area (Å²) in [6, 6.07) is 5.75. The molecule has 6 nitrogen and oxygen atoms in total. The van der Waals surface area contributed by atoms with Crippen molar-refractivity contribution in [3.63, 3.8) is 0 Å². The zero-order chi connectivity index (χ0) is 19.9. The number of hydrogen-bond acceptors (Lipinski definition) is 5. The van der Waals surface area contributed by atoms with E-state index >= 15 is 0 Å². The molecule has 28 heavy (non-hydrogen) atoms. The molecule has 3 heterocycles. The third kappa shape index (κ3) is 5.69. The third-order valence-corrected chi connectivity index (χ3v) is 6.79. The quantitative estimate of drug-likeness (QED) is 0.537. The highest BCUT2D eigenvalue weighted by Gasteiger charge is 2.31. The molecule has 0 aliphatic carbocycles. The first-order chi connectivity index (χ1) is 13.6. The van der Waals surface area contributed by atoms with Gasteiger partial charge in [-0.15, -0.1) is 11.3 Å². The Morgan fingerprint density at radius 3 is 2.68 bits per heavy atom. The predicted octanol–water partition coefficient (Wildman–Crippen LogP) is 2.41. The standard InChI is InChI=1S/C21H37N5OS/c1-5-22-21(24-18-15-26(16(2)3)14-17(18)4)23-13-19(20-7-6-12-28-20)25-8-10-27-11-9-25/h6-7,12,16-19H,5,8-11,13-15H2,1-4H3,(H2,22,23,24). The van der Waals surface area contributed by atoms with Crippen molar-refractivity contribution in [2.45, 2.75) is 45.8 Å². The number of ether oxygens (including phenoxy) is 1. The molecule has 2 fully saturated rings. The summed E-state index contributed by atoms with van der Waals surface area (Å²) in [5.74, 6) is 1.57. The molecule has 0 saturated carbocycles. The van der Waals surface area contributed by atoms with Crippen molar-refractivity contribution < 1.29 is 4.74 Å². The van der Waals surface area contributed by atoms with Gasteiger partial charge in [0.2, 0.25) is 0 Å². The molecule has 1 aromatic heterocycles. The maximum Gasteiger partial charge on any atom is 0.191 e. The van der Waals surface area contributed by atoms with Gasteiger partial charge in [-0.05, 0) is 38.1 Å². The average molecular weight is 408 g/mol. The lowest BCUT2D eigenvalue weighted by molar-refractivity contribution is 0.0186. The number of morpholine rings is 1.